The summed E-state index contributed by atoms with van der Waals surface area (Å²) in [5, 5.41) is 11.8. The quantitative estimate of drug-likeness (QED) is 0.723. The molecule has 5 heteroatoms. The van der Waals surface area contributed by atoms with Crippen molar-refractivity contribution in [1.29, 1.82) is 0 Å². The number of nitrogens with one attached hydrogen (secondary N) is 1. The Hall–Kier alpha value is -1.10. The lowest BCUT2D eigenvalue weighted by molar-refractivity contribution is -0.142. The SMILES string of the molecule is CCC(C)(C)NC(=O)C(C)N(C)CC(C)C(=O)O. The van der Waals surface area contributed by atoms with E-state index in [9.17, 15) is 9.59 Å². The Bertz CT molecular complexity index is 303. The minimum Gasteiger partial charge on any atom is -0.481 e. The van der Waals surface area contributed by atoms with Gasteiger partial charge in [-0.3, -0.25) is 14.5 Å². The highest BCUT2D eigenvalue weighted by Crippen LogP contribution is 2.09. The van der Waals surface area contributed by atoms with E-state index in [1.54, 1.807) is 25.8 Å². The number of carboxylic acid groups (broad SMARTS) is 1. The maximum absolute atomic E-state index is 12.0. The van der Waals surface area contributed by atoms with Crippen LogP contribution in [0.3, 0.4) is 0 Å². The molecule has 0 aromatic carbocycles. The number of carbonyl (C=O) groups excluding carboxylic acids is 1. The van der Waals surface area contributed by atoms with E-state index >= 15 is 0 Å². The second-order valence-electron chi connectivity index (χ2n) is 5.58. The Morgan fingerprint density at radius 3 is 2.22 bits per heavy atom. The predicted octanol–water partition coefficient (Wildman–Crippen LogP) is 1.33. The topological polar surface area (TPSA) is 69.6 Å². The van der Waals surface area contributed by atoms with Crippen LogP contribution in [0.5, 0.6) is 0 Å². The number of rotatable bonds is 7. The van der Waals surface area contributed by atoms with Crippen LogP contribution >= 0.6 is 0 Å². The van der Waals surface area contributed by atoms with Crippen LogP contribution in [0, 0.1) is 5.92 Å². The van der Waals surface area contributed by atoms with Crippen molar-refractivity contribution in [2.75, 3.05) is 13.6 Å². The number of likely N-dealkylation sites (N-methyl/N-ethyl adjacent to an activating group) is 1. The fraction of sp³-hybridized carbons (Fsp3) is 0.846. The van der Waals surface area contributed by atoms with E-state index in [4.69, 9.17) is 5.11 Å². The summed E-state index contributed by atoms with van der Waals surface area (Å²) in [4.78, 5) is 24.5. The van der Waals surface area contributed by atoms with Gasteiger partial charge >= 0.3 is 5.97 Å². The first-order chi connectivity index (χ1) is 8.10. The molecule has 1 amide bonds. The Morgan fingerprint density at radius 1 is 1.33 bits per heavy atom. The molecule has 0 aliphatic rings. The lowest BCUT2D eigenvalue weighted by atomic mass is 10.0. The average Bonchev–Trinajstić information content (AvgIpc) is 2.26. The molecule has 0 bridgehead atoms. The van der Waals surface area contributed by atoms with Crippen molar-refractivity contribution in [3.8, 4) is 0 Å². The fourth-order valence-electron chi connectivity index (χ4n) is 1.39. The molecular weight excluding hydrogens is 232 g/mol. The number of nitrogens with zero attached hydrogens (tertiary/aromatic N) is 1. The largest absolute Gasteiger partial charge is 0.481 e. The molecular formula is C13H26N2O3. The third-order valence-electron chi connectivity index (χ3n) is 3.37. The van der Waals surface area contributed by atoms with Crippen molar-refractivity contribution in [2.45, 2.75) is 52.6 Å². The number of hydrogen-bond donors (Lipinski definition) is 2. The second-order valence-corrected chi connectivity index (χ2v) is 5.58. The van der Waals surface area contributed by atoms with Crippen LogP contribution in [0.1, 0.15) is 41.0 Å². The van der Waals surface area contributed by atoms with Crippen LogP contribution in [0.15, 0.2) is 0 Å². The summed E-state index contributed by atoms with van der Waals surface area (Å²) in [7, 11) is 1.77. The summed E-state index contributed by atoms with van der Waals surface area (Å²) < 4.78 is 0. The van der Waals surface area contributed by atoms with Crippen LogP contribution in [0.2, 0.25) is 0 Å². The highest BCUT2D eigenvalue weighted by Gasteiger charge is 2.25. The van der Waals surface area contributed by atoms with E-state index in [-0.39, 0.29) is 17.5 Å². The average molecular weight is 258 g/mol. The lowest BCUT2D eigenvalue weighted by Crippen LogP contribution is -2.51. The van der Waals surface area contributed by atoms with Crippen molar-refractivity contribution in [2.24, 2.45) is 5.92 Å². The molecule has 0 aliphatic carbocycles. The first-order valence-electron chi connectivity index (χ1n) is 6.35. The Kier molecular flexibility index (Phi) is 6.32. The molecule has 0 saturated heterocycles. The molecule has 2 N–H and O–H groups in total. The normalized spacial score (nSPS) is 15.3. The summed E-state index contributed by atoms with van der Waals surface area (Å²) in [5.74, 6) is -1.39. The van der Waals surface area contributed by atoms with Gasteiger partial charge in [-0.1, -0.05) is 13.8 Å². The van der Waals surface area contributed by atoms with Crippen molar-refractivity contribution < 1.29 is 14.7 Å². The number of carboxylic acids is 1. The van der Waals surface area contributed by atoms with Crippen LogP contribution in [0.25, 0.3) is 0 Å². The summed E-state index contributed by atoms with van der Waals surface area (Å²) >= 11 is 0. The number of amides is 1. The molecule has 18 heavy (non-hydrogen) atoms. The van der Waals surface area contributed by atoms with Crippen LogP contribution < -0.4 is 5.32 Å². The molecule has 0 aliphatic heterocycles. The summed E-state index contributed by atoms with van der Waals surface area (Å²) in [6.45, 7) is 9.74. The van der Waals surface area contributed by atoms with Gasteiger partial charge in [-0.25, -0.2) is 0 Å². The third-order valence-corrected chi connectivity index (χ3v) is 3.37. The van der Waals surface area contributed by atoms with Gasteiger partial charge in [0.05, 0.1) is 12.0 Å². The molecule has 5 nitrogen and oxygen atoms in total. The number of aliphatic carboxylic acids is 1. The molecule has 2 unspecified atom stereocenters. The van der Waals surface area contributed by atoms with Crippen molar-refractivity contribution in [1.82, 2.24) is 10.2 Å². The molecule has 106 valence electrons. The first-order valence-corrected chi connectivity index (χ1v) is 6.35. The van der Waals surface area contributed by atoms with Crippen LogP contribution in [-0.2, 0) is 9.59 Å². The van der Waals surface area contributed by atoms with E-state index in [1.165, 1.54) is 0 Å². The Morgan fingerprint density at radius 2 is 1.83 bits per heavy atom. The summed E-state index contributed by atoms with van der Waals surface area (Å²) in [6, 6.07) is -0.336. The van der Waals surface area contributed by atoms with Crippen molar-refractivity contribution >= 4 is 11.9 Å². The zero-order valence-corrected chi connectivity index (χ0v) is 12.3. The maximum atomic E-state index is 12.0. The molecule has 0 spiro atoms. The van der Waals surface area contributed by atoms with Crippen LogP contribution in [0.4, 0.5) is 0 Å². The fourth-order valence-corrected chi connectivity index (χ4v) is 1.39. The van der Waals surface area contributed by atoms with Gasteiger partial charge in [0.1, 0.15) is 0 Å². The monoisotopic (exact) mass is 258 g/mol. The molecule has 0 aromatic rings. The van der Waals surface area contributed by atoms with Gasteiger partial charge in [-0.15, -0.1) is 0 Å². The molecule has 2 atom stereocenters. The molecule has 0 aromatic heterocycles. The minimum absolute atomic E-state index is 0.0676. The van der Waals surface area contributed by atoms with E-state index in [1.807, 2.05) is 20.8 Å². The highest BCUT2D eigenvalue weighted by molar-refractivity contribution is 5.82. The first kappa shape index (κ1) is 16.9. The molecule has 0 rings (SSSR count). The molecule has 0 heterocycles. The van der Waals surface area contributed by atoms with Gasteiger partial charge in [0.25, 0.3) is 0 Å². The zero-order valence-electron chi connectivity index (χ0n) is 12.3. The van der Waals surface area contributed by atoms with Gasteiger partial charge in [0.2, 0.25) is 5.91 Å². The summed E-state index contributed by atoms with van der Waals surface area (Å²) in [5.41, 5.74) is -0.232. The van der Waals surface area contributed by atoms with Gasteiger partial charge in [0.15, 0.2) is 0 Å². The Balaban J connectivity index is 4.42. The highest BCUT2D eigenvalue weighted by atomic mass is 16.4. The van der Waals surface area contributed by atoms with Crippen molar-refractivity contribution in [3.05, 3.63) is 0 Å². The van der Waals surface area contributed by atoms with Gasteiger partial charge in [-0.05, 0) is 34.2 Å². The number of carbonyl (C=O) groups is 2. The van der Waals surface area contributed by atoms with Gasteiger partial charge < -0.3 is 10.4 Å². The molecule has 0 saturated carbocycles. The maximum Gasteiger partial charge on any atom is 0.307 e. The zero-order chi connectivity index (χ0) is 14.5. The lowest BCUT2D eigenvalue weighted by Gasteiger charge is -2.30. The molecule has 0 radical (unpaired) electrons. The van der Waals surface area contributed by atoms with E-state index < -0.39 is 11.9 Å². The standard InChI is InChI=1S/C13H26N2O3/c1-7-13(4,5)14-11(16)10(3)15(6)8-9(2)12(17)18/h9-10H,7-8H2,1-6H3,(H,14,16)(H,17,18). The predicted molar refractivity (Wildman–Crippen MR) is 71.4 cm³/mol. The third kappa shape index (κ3) is 5.49. The van der Waals surface area contributed by atoms with E-state index in [0.717, 1.165) is 6.42 Å². The van der Waals surface area contributed by atoms with Crippen molar-refractivity contribution in [3.63, 3.8) is 0 Å². The number of hydrogen-bond acceptors (Lipinski definition) is 3. The second kappa shape index (κ2) is 6.73. The minimum atomic E-state index is -0.844. The smallest absolute Gasteiger partial charge is 0.307 e. The van der Waals surface area contributed by atoms with Gasteiger partial charge in [0, 0.05) is 12.1 Å². The Labute approximate surface area is 110 Å². The van der Waals surface area contributed by atoms with Crippen LogP contribution in [-0.4, -0.2) is 47.1 Å². The van der Waals surface area contributed by atoms with E-state index in [0.29, 0.717) is 6.54 Å². The van der Waals surface area contributed by atoms with Gasteiger partial charge in [-0.2, -0.15) is 0 Å². The van der Waals surface area contributed by atoms with E-state index in [2.05, 4.69) is 5.32 Å². The molecule has 0 fully saturated rings. The summed E-state index contributed by atoms with van der Waals surface area (Å²) in [6.07, 6.45) is 0.848.